The molecule has 2 fully saturated rings. The average Bonchev–Trinajstić information content (AvgIpc) is 3.20. The number of likely N-dealkylation sites (tertiary alicyclic amines) is 1. The Labute approximate surface area is 146 Å². The number of carbonyl (C=O) groups is 1. The van der Waals surface area contributed by atoms with Gasteiger partial charge in [-0.1, -0.05) is 0 Å². The molecule has 0 saturated carbocycles. The summed E-state index contributed by atoms with van der Waals surface area (Å²) >= 11 is 0. The van der Waals surface area contributed by atoms with Crippen molar-refractivity contribution in [2.24, 2.45) is 0 Å². The van der Waals surface area contributed by atoms with E-state index in [9.17, 15) is 9.18 Å². The third-order valence-electron chi connectivity index (χ3n) is 5.45. The zero-order chi connectivity index (χ0) is 17.6. The van der Waals surface area contributed by atoms with E-state index in [1.807, 2.05) is 17.0 Å². The second-order valence-corrected chi connectivity index (χ2v) is 7.51. The smallest absolute Gasteiger partial charge is 0.276 e. The van der Waals surface area contributed by atoms with Crippen LogP contribution in [0.25, 0.3) is 0 Å². The molecule has 2 aliphatic heterocycles. The SMILES string of the molecule is CC1(C)C[C@H]2[C@H](CCCN2C(=O)c2cocn2)N1c1ccc(F)cc1. The first-order valence-corrected chi connectivity index (χ1v) is 8.71. The lowest BCUT2D eigenvalue weighted by molar-refractivity contribution is 0.0599. The Hall–Kier alpha value is -2.37. The second kappa shape index (κ2) is 5.86. The van der Waals surface area contributed by atoms with Gasteiger partial charge in [0, 0.05) is 17.8 Å². The first-order chi connectivity index (χ1) is 12.0. The van der Waals surface area contributed by atoms with Gasteiger partial charge >= 0.3 is 0 Å². The number of hydrogen-bond donors (Lipinski definition) is 0. The number of fused-ring (bicyclic) bond motifs is 1. The summed E-state index contributed by atoms with van der Waals surface area (Å²) in [6.07, 6.45) is 5.53. The number of halogens is 1. The Morgan fingerprint density at radius 3 is 2.72 bits per heavy atom. The van der Waals surface area contributed by atoms with Crippen molar-refractivity contribution in [3.8, 4) is 0 Å². The summed E-state index contributed by atoms with van der Waals surface area (Å²) in [5.74, 6) is -0.302. The standard InChI is InChI=1S/C19H22FN3O2/c1-19(2)10-17-16(23(19)14-7-5-13(20)6-8-14)4-3-9-22(17)18(24)15-11-25-12-21-15/h5-8,11-12,16-17H,3-4,9-10H2,1-2H3/t16-,17-/m0/s1. The molecule has 0 radical (unpaired) electrons. The number of aromatic nitrogens is 1. The highest BCUT2D eigenvalue weighted by molar-refractivity contribution is 5.92. The summed E-state index contributed by atoms with van der Waals surface area (Å²) in [4.78, 5) is 21.2. The lowest BCUT2D eigenvalue weighted by Gasteiger charge is -2.42. The predicted octanol–water partition coefficient (Wildman–Crippen LogP) is 3.48. The fourth-order valence-electron chi connectivity index (χ4n) is 4.50. The Morgan fingerprint density at radius 1 is 1.28 bits per heavy atom. The van der Waals surface area contributed by atoms with E-state index < -0.39 is 0 Å². The molecule has 4 rings (SSSR count). The van der Waals surface area contributed by atoms with Crippen molar-refractivity contribution >= 4 is 11.6 Å². The average molecular weight is 343 g/mol. The molecule has 1 amide bonds. The molecule has 2 aliphatic rings. The molecule has 0 unspecified atom stereocenters. The van der Waals surface area contributed by atoms with Gasteiger partial charge in [0.1, 0.15) is 12.1 Å². The fourth-order valence-corrected chi connectivity index (χ4v) is 4.50. The number of amides is 1. The molecule has 0 spiro atoms. The maximum atomic E-state index is 13.3. The molecule has 2 saturated heterocycles. The highest BCUT2D eigenvalue weighted by Crippen LogP contribution is 2.43. The van der Waals surface area contributed by atoms with Gasteiger partial charge in [-0.2, -0.15) is 0 Å². The summed E-state index contributed by atoms with van der Waals surface area (Å²) < 4.78 is 18.3. The van der Waals surface area contributed by atoms with Crippen molar-refractivity contribution in [1.29, 1.82) is 0 Å². The second-order valence-electron chi connectivity index (χ2n) is 7.51. The van der Waals surface area contributed by atoms with E-state index >= 15 is 0 Å². The lowest BCUT2D eigenvalue weighted by atomic mass is 9.94. The molecule has 0 bridgehead atoms. The van der Waals surface area contributed by atoms with E-state index in [0.29, 0.717) is 5.69 Å². The molecule has 25 heavy (non-hydrogen) atoms. The van der Waals surface area contributed by atoms with Crippen LogP contribution in [-0.4, -0.2) is 40.0 Å². The third kappa shape index (κ3) is 2.69. The highest BCUT2D eigenvalue weighted by Gasteiger charge is 2.50. The number of anilines is 1. The van der Waals surface area contributed by atoms with Crippen LogP contribution >= 0.6 is 0 Å². The van der Waals surface area contributed by atoms with E-state index in [-0.39, 0.29) is 29.3 Å². The first-order valence-electron chi connectivity index (χ1n) is 8.71. The van der Waals surface area contributed by atoms with E-state index in [0.717, 1.165) is 31.5 Å². The van der Waals surface area contributed by atoms with E-state index in [2.05, 4.69) is 23.7 Å². The van der Waals surface area contributed by atoms with Gasteiger partial charge in [0.2, 0.25) is 0 Å². The number of oxazole rings is 1. The van der Waals surface area contributed by atoms with Crippen LogP contribution in [0.1, 0.15) is 43.6 Å². The first kappa shape index (κ1) is 16.1. The molecule has 2 aromatic rings. The minimum atomic E-state index is -0.233. The normalized spacial score (nSPS) is 25.1. The molecule has 132 valence electrons. The number of benzene rings is 1. The van der Waals surface area contributed by atoms with Crippen LogP contribution in [0.2, 0.25) is 0 Å². The lowest BCUT2D eigenvalue weighted by Crippen LogP contribution is -2.53. The van der Waals surface area contributed by atoms with Gasteiger partial charge in [-0.05, 0) is 57.4 Å². The Balaban J connectivity index is 1.66. The van der Waals surface area contributed by atoms with Crippen LogP contribution in [0.5, 0.6) is 0 Å². The largest absolute Gasteiger partial charge is 0.451 e. The zero-order valence-corrected chi connectivity index (χ0v) is 14.5. The van der Waals surface area contributed by atoms with Crippen LogP contribution in [0.3, 0.4) is 0 Å². The zero-order valence-electron chi connectivity index (χ0n) is 14.5. The molecule has 2 atom stereocenters. The number of piperidine rings is 1. The number of rotatable bonds is 2. The van der Waals surface area contributed by atoms with Gasteiger partial charge in [0.05, 0.1) is 12.1 Å². The number of carbonyl (C=O) groups excluding carboxylic acids is 1. The minimum absolute atomic E-state index is 0.0693. The van der Waals surface area contributed by atoms with Crippen molar-refractivity contribution in [3.05, 3.63) is 48.4 Å². The van der Waals surface area contributed by atoms with Gasteiger partial charge in [-0.25, -0.2) is 9.37 Å². The fraction of sp³-hybridized carbons (Fsp3) is 0.474. The molecule has 0 N–H and O–H groups in total. The van der Waals surface area contributed by atoms with Crippen LogP contribution in [0, 0.1) is 5.82 Å². The molecule has 0 aliphatic carbocycles. The molecule has 1 aromatic heterocycles. The van der Waals surface area contributed by atoms with Crippen LogP contribution < -0.4 is 4.90 Å². The summed E-state index contributed by atoms with van der Waals surface area (Å²) in [5, 5.41) is 0. The topological polar surface area (TPSA) is 49.6 Å². The van der Waals surface area contributed by atoms with Gasteiger partial charge in [-0.15, -0.1) is 0 Å². The van der Waals surface area contributed by atoms with Crippen molar-refractivity contribution in [2.75, 3.05) is 11.4 Å². The van der Waals surface area contributed by atoms with Crippen molar-refractivity contribution in [2.45, 2.75) is 50.7 Å². The van der Waals surface area contributed by atoms with Crippen LogP contribution in [0.15, 0.2) is 41.3 Å². The van der Waals surface area contributed by atoms with Crippen LogP contribution in [0.4, 0.5) is 10.1 Å². The molecule has 1 aromatic carbocycles. The van der Waals surface area contributed by atoms with Gasteiger partial charge < -0.3 is 14.2 Å². The molecule has 3 heterocycles. The Morgan fingerprint density at radius 2 is 2.04 bits per heavy atom. The van der Waals surface area contributed by atoms with Gasteiger partial charge in [-0.3, -0.25) is 4.79 Å². The maximum absolute atomic E-state index is 13.3. The summed E-state index contributed by atoms with van der Waals surface area (Å²) in [6.45, 7) is 5.11. The monoisotopic (exact) mass is 343 g/mol. The summed E-state index contributed by atoms with van der Waals surface area (Å²) in [7, 11) is 0. The molecule has 5 nitrogen and oxygen atoms in total. The Kier molecular flexibility index (Phi) is 3.78. The summed E-state index contributed by atoms with van der Waals surface area (Å²) in [5.41, 5.74) is 1.26. The van der Waals surface area contributed by atoms with Gasteiger partial charge in [0.25, 0.3) is 5.91 Å². The number of nitrogens with zero attached hydrogens (tertiary/aromatic N) is 3. The summed E-state index contributed by atoms with van der Waals surface area (Å²) in [6, 6.07) is 7.01. The predicted molar refractivity (Wildman–Crippen MR) is 91.9 cm³/mol. The molecular weight excluding hydrogens is 321 g/mol. The minimum Gasteiger partial charge on any atom is -0.451 e. The van der Waals surface area contributed by atoms with Crippen molar-refractivity contribution in [1.82, 2.24) is 9.88 Å². The van der Waals surface area contributed by atoms with Crippen LogP contribution in [-0.2, 0) is 0 Å². The van der Waals surface area contributed by atoms with E-state index in [4.69, 9.17) is 4.42 Å². The van der Waals surface area contributed by atoms with E-state index in [1.165, 1.54) is 24.8 Å². The van der Waals surface area contributed by atoms with Crippen molar-refractivity contribution < 1.29 is 13.6 Å². The number of hydrogen-bond acceptors (Lipinski definition) is 4. The maximum Gasteiger partial charge on any atom is 0.276 e. The molecular formula is C19H22FN3O2. The Bertz CT molecular complexity index is 757. The van der Waals surface area contributed by atoms with Gasteiger partial charge in [0.15, 0.2) is 12.1 Å². The quantitative estimate of drug-likeness (QED) is 0.838. The van der Waals surface area contributed by atoms with Crippen molar-refractivity contribution in [3.63, 3.8) is 0 Å². The third-order valence-corrected chi connectivity index (χ3v) is 5.45. The van der Waals surface area contributed by atoms with E-state index in [1.54, 1.807) is 0 Å². The highest BCUT2D eigenvalue weighted by atomic mass is 19.1. The molecule has 6 heteroatoms.